The molecule has 19 heavy (non-hydrogen) atoms. The second-order valence-corrected chi connectivity index (χ2v) is 6.50. The van der Waals surface area contributed by atoms with Gasteiger partial charge in [-0.25, -0.2) is 8.42 Å². The Morgan fingerprint density at radius 3 is 2.26 bits per heavy atom. The standard InChI is InChI=1S/C10H8BrF3O4S/c11-7-3-1-2-4-8(7)19(17,18)5-6(9(15)16)10(12,13)14/h1-4,6H,5H2,(H,15,16). The largest absolute Gasteiger partial charge is 0.481 e. The summed E-state index contributed by atoms with van der Waals surface area (Å²) in [5, 5.41) is 8.49. The highest BCUT2D eigenvalue weighted by Crippen LogP contribution is 2.31. The van der Waals surface area contributed by atoms with Crippen LogP contribution in [0.1, 0.15) is 0 Å². The Labute approximate surface area is 115 Å². The third-order valence-corrected chi connectivity index (χ3v) is 5.00. The number of benzene rings is 1. The summed E-state index contributed by atoms with van der Waals surface area (Å²) in [6.07, 6.45) is -5.12. The molecule has 0 aliphatic heterocycles. The Morgan fingerprint density at radius 1 is 1.32 bits per heavy atom. The maximum absolute atomic E-state index is 12.5. The van der Waals surface area contributed by atoms with Gasteiger partial charge >= 0.3 is 12.1 Å². The summed E-state index contributed by atoms with van der Waals surface area (Å²) in [5.74, 6) is -6.71. The van der Waals surface area contributed by atoms with E-state index in [4.69, 9.17) is 5.11 Å². The zero-order chi connectivity index (χ0) is 14.8. The highest BCUT2D eigenvalue weighted by molar-refractivity contribution is 9.10. The van der Waals surface area contributed by atoms with E-state index in [1.807, 2.05) is 0 Å². The van der Waals surface area contributed by atoms with Crippen LogP contribution in [-0.2, 0) is 14.6 Å². The molecule has 1 unspecified atom stereocenters. The number of carbonyl (C=O) groups is 1. The first kappa shape index (κ1) is 16.0. The van der Waals surface area contributed by atoms with Crippen LogP contribution in [0.15, 0.2) is 33.6 Å². The lowest BCUT2D eigenvalue weighted by atomic mass is 10.2. The average Bonchev–Trinajstić information content (AvgIpc) is 2.24. The summed E-state index contributed by atoms with van der Waals surface area (Å²) in [7, 11) is -4.37. The minimum absolute atomic E-state index is 0.0845. The van der Waals surface area contributed by atoms with Crippen molar-refractivity contribution in [2.75, 3.05) is 5.75 Å². The van der Waals surface area contributed by atoms with E-state index in [1.165, 1.54) is 18.2 Å². The van der Waals surface area contributed by atoms with Crippen molar-refractivity contribution in [2.45, 2.75) is 11.1 Å². The van der Waals surface area contributed by atoms with E-state index in [0.29, 0.717) is 0 Å². The van der Waals surface area contributed by atoms with Crippen molar-refractivity contribution < 1.29 is 31.5 Å². The van der Waals surface area contributed by atoms with E-state index in [9.17, 15) is 26.4 Å². The number of halogens is 4. The van der Waals surface area contributed by atoms with Gasteiger partial charge in [0.1, 0.15) is 0 Å². The summed E-state index contributed by atoms with van der Waals surface area (Å²) in [6.45, 7) is 0. The zero-order valence-electron chi connectivity index (χ0n) is 9.19. The molecule has 0 aliphatic rings. The predicted octanol–water partition coefficient (Wildman–Crippen LogP) is 2.49. The van der Waals surface area contributed by atoms with Crippen LogP contribution in [0.5, 0.6) is 0 Å². The van der Waals surface area contributed by atoms with Crippen molar-refractivity contribution in [2.24, 2.45) is 5.92 Å². The Bertz CT molecular complexity index is 583. The maximum Gasteiger partial charge on any atom is 0.403 e. The lowest BCUT2D eigenvalue weighted by molar-refractivity contribution is -0.189. The average molecular weight is 361 g/mol. The second kappa shape index (κ2) is 5.49. The fourth-order valence-electron chi connectivity index (χ4n) is 1.31. The van der Waals surface area contributed by atoms with E-state index in [2.05, 4.69) is 15.9 Å². The molecule has 0 radical (unpaired) electrons. The molecule has 4 nitrogen and oxygen atoms in total. The summed E-state index contributed by atoms with van der Waals surface area (Å²) in [5.41, 5.74) is 0. The van der Waals surface area contributed by atoms with Crippen molar-refractivity contribution in [1.29, 1.82) is 0 Å². The molecule has 0 saturated heterocycles. The van der Waals surface area contributed by atoms with Gasteiger partial charge in [-0.15, -0.1) is 0 Å². The van der Waals surface area contributed by atoms with Crippen LogP contribution in [0.25, 0.3) is 0 Å². The number of aliphatic carboxylic acids is 1. The molecule has 1 aromatic carbocycles. The van der Waals surface area contributed by atoms with Gasteiger partial charge in [0.2, 0.25) is 0 Å². The first-order valence-corrected chi connectivity index (χ1v) is 7.27. The SMILES string of the molecule is O=C(O)C(CS(=O)(=O)c1ccccc1Br)C(F)(F)F. The topological polar surface area (TPSA) is 71.4 Å². The van der Waals surface area contributed by atoms with E-state index >= 15 is 0 Å². The molecule has 9 heteroatoms. The fraction of sp³-hybridized carbons (Fsp3) is 0.300. The molecule has 0 amide bonds. The number of alkyl halides is 3. The van der Waals surface area contributed by atoms with Crippen LogP contribution < -0.4 is 0 Å². The van der Waals surface area contributed by atoms with Gasteiger partial charge in [0.25, 0.3) is 0 Å². The highest BCUT2D eigenvalue weighted by Gasteiger charge is 2.48. The van der Waals surface area contributed by atoms with Crippen LogP contribution in [0.2, 0.25) is 0 Å². The quantitative estimate of drug-likeness (QED) is 0.895. The minimum Gasteiger partial charge on any atom is -0.481 e. The minimum atomic E-state index is -5.12. The third kappa shape index (κ3) is 3.93. The van der Waals surface area contributed by atoms with E-state index in [-0.39, 0.29) is 9.37 Å². The Kier molecular flexibility index (Phi) is 4.62. The molecule has 1 atom stereocenters. The van der Waals surface area contributed by atoms with Crippen LogP contribution >= 0.6 is 15.9 Å². The van der Waals surface area contributed by atoms with Crippen molar-refractivity contribution in [1.82, 2.24) is 0 Å². The molecule has 0 aliphatic carbocycles. The van der Waals surface area contributed by atoms with Crippen molar-refractivity contribution in [3.8, 4) is 0 Å². The molecule has 1 N–H and O–H groups in total. The van der Waals surface area contributed by atoms with Gasteiger partial charge in [-0.3, -0.25) is 4.79 Å². The fourth-order valence-corrected chi connectivity index (χ4v) is 3.94. The normalized spacial score (nSPS) is 14.1. The third-order valence-electron chi connectivity index (χ3n) is 2.25. The van der Waals surface area contributed by atoms with Crippen molar-refractivity contribution in [3.05, 3.63) is 28.7 Å². The Balaban J connectivity index is 3.16. The second-order valence-electron chi connectivity index (χ2n) is 3.64. The zero-order valence-corrected chi connectivity index (χ0v) is 11.6. The molecule has 0 spiro atoms. The number of rotatable bonds is 4. The van der Waals surface area contributed by atoms with Crippen molar-refractivity contribution in [3.63, 3.8) is 0 Å². The van der Waals surface area contributed by atoms with Crippen molar-refractivity contribution >= 4 is 31.7 Å². The van der Waals surface area contributed by atoms with E-state index in [0.717, 1.165) is 6.07 Å². The number of hydrogen-bond acceptors (Lipinski definition) is 3. The number of carboxylic acid groups (broad SMARTS) is 1. The van der Waals surface area contributed by atoms with Crippen LogP contribution in [0.4, 0.5) is 13.2 Å². The van der Waals surface area contributed by atoms with Gasteiger partial charge in [-0.2, -0.15) is 13.2 Å². The number of carboxylic acids is 1. The van der Waals surface area contributed by atoms with Gasteiger partial charge in [0, 0.05) is 4.47 Å². The lowest BCUT2D eigenvalue weighted by Crippen LogP contribution is -2.36. The molecular formula is C10H8BrF3O4S. The molecule has 0 fully saturated rings. The summed E-state index contributed by atoms with van der Waals surface area (Å²) < 4.78 is 61.1. The van der Waals surface area contributed by atoms with Crippen LogP contribution in [0.3, 0.4) is 0 Å². The van der Waals surface area contributed by atoms with Gasteiger partial charge in [-0.05, 0) is 28.1 Å². The molecule has 1 aromatic rings. The maximum atomic E-state index is 12.5. The van der Waals surface area contributed by atoms with E-state index in [1.54, 1.807) is 0 Å². The predicted molar refractivity (Wildman–Crippen MR) is 63.4 cm³/mol. The molecule has 0 bridgehead atoms. The van der Waals surface area contributed by atoms with Crippen LogP contribution in [0, 0.1) is 5.92 Å². The van der Waals surface area contributed by atoms with Gasteiger partial charge < -0.3 is 5.11 Å². The summed E-state index contributed by atoms with van der Waals surface area (Å²) in [6, 6.07) is 5.27. The van der Waals surface area contributed by atoms with Crippen LogP contribution in [-0.4, -0.2) is 31.4 Å². The molecule has 1 rings (SSSR count). The molecule has 106 valence electrons. The first-order valence-electron chi connectivity index (χ1n) is 4.82. The first-order chi connectivity index (χ1) is 8.55. The van der Waals surface area contributed by atoms with Gasteiger partial charge in [0.05, 0.1) is 10.6 Å². The smallest absolute Gasteiger partial charge is 0.403 e. The number of hydrogen-bond donors (Lipinski definition) is 1. The monoisotopic (exact) mass is 360 g/mol. The highest BCUT2D eigenvalue weighted by atomic mass is 79.9. The Hall–Kier alpha value is -1.09. The molecular weight excluding hydrogens is 353 g/mol. The van der Waals surface area contributed by atoms with Gasteiger partial charge in [-0.1, -0.05) is 12.1 Å². The molecule has 0 saturated carbocycles. The number of sulfone groups is 1. The summed E-state index contributed by atoms with van der Waals surface area (Å²) in [4.78, 5) is 10.2. The molecule has 0 aromatic heterocycles. The van der Waals surface area contributed by atoms with Gasteiger partial charge in [0.15, 0.2) is 15.8 Å². The lowest BCUT2D eigenvalue weighted by Gasteiger charge is -2.16. The molecule has 0 heterocycles. The summed E-state index contributed by atoms with van der Waals surface area (Å²) >= 11 is 2.90. The van der Waals surface area contributed by atoms with E-state index < -0.39 is 33.7 Å². The Morgan fingerprint density at radius 2 is 1.84 bits per heavy atom.